The molecule has 2 unspecified atom stereocenters. The van der Waals surface area contributed by atoms with Crippen molar-refractivity contribution in [2.24, 2.45) is 11.7 Å². The van der Waals surface area contributed by atoms with Crippen LogP contribution in [0.1, 0.15) is 30.7 Å². The number of rotatable bonds is 5. The van der Waals surface area contributed by atoms with Gasteiger partial charge in [-0.05, 0) is 40.3 Å². The molecule has 80 valence electrons. The molecule has 0 saturated carbocycles. The summed E-state index contributed by atoms with van der Waals surface area (Å²) in [4.78, 5) is 0.994. The number of halogens is 1. The van der Waals surface area contributed by atoms with Crippen molar-refractivity contribution in [1.82, 2.24) is 0 Å². The van der Waals surface area contributed by atoms with Crippen molar-refractivity contribution in [2.75, 3.05) is 6.54 Å². The molecule has 4 heteroatoms. The van der Waals surface area contributed by atoms with Crippen molar-refractivity contribution in [2.45, 2.75) is 25.9 Å². The van der Waals surface area contributed by atoms with Gasteiger partial charge >= 0.3 is 0 Å². The summed E-state index contributed by atoms with van der Waals surface area (Å²) in [5, 5.41) is 12.1. The van der Waals surface area contributed by atoms with Crippen molar-refractivity contribution >= 4 is 27.3 Å². The summed E-state index contributed by atoms with van der Waals surface area (Å²) in [6.07, 6.45) is 1.61. The summed E-state index contributed by atoms with van der Waals surface area (Å²) in [5.74, 6) is 0.176. The Kier molecular flexibility index (Phi) is 5.09. The highest BCUT2D eigenvalue weighted by Crippen LogP contribution is 2.34. The second-order valence-electron chi connectivity index (χ2n) is 3.36. The van der Waals surface area contributed by atoms with E-state index in [-0.39, 0.29) is 5.92 Å². The van der Waals surface area contributed by atoms with E-state index in [1.807, 2.05) is 11.4 Å². The van der Waals surface area contributed by atoms with Crippen molar-refractivity contribution < 1.29 is 5.11 Å². The maximum atomic E-state index is 10.1. The Morgan fingerprint density at radius 2 is 2.36 bits per heavy atom. The average molecular weight is 278 g/mol. The third-order valence-electron chi connectivity index (χ3n) is 2.32. The van der Waals surface area contributed by atoms with E-state index in [9.17, 15) is 5.11 Å². The number of hydrogen-bond donors (Lipinski definition) is 2. The second kappa shape index (κ2) is 5.85. The standard InChI is InChI=1S/C10H16BrNOS/c1-2-3-7(6-12)9(13)10-8(11)4-5-14-10/h4-5,7,9,13H,2-3,6,12H2,1H3. The minimum Gasteiger partial charge on any atom is -0.387 e. The molecule has 2 atom stereocenters. The predicted molar refractivity (Wildman–Crippen MR) is 64.4 cm³/mol. The normalized spacial score (nSPS) is 15.4. The molecule has 3 N–H and O–H groups in total. The van der Waals surface area contributed by atoms with E-state index < -0.39 is 6.10 Å². The SMILES string of the molecule is CCCC(CN)C(O)c1sccc1Br. The van der Waals surface area contributed by atoms with Gasteiger partial charge in [-0.1, -0.05) is 13.3 Å². The molecule has 0 bridgehead atoms. The highest BCUT2D eigenvalue weighted by Gasteiger charge is 2.21. The van der Waals surface area contributed by atoms with Crippen LogP contribution < -0.4 is 5.73 Å². The number of aliphatic hydroxyl groups is 1. The molecule has 2 nitrogen and oxygen atoms in total. The van der Waals surface area contributed by atoms with Crippen molar-refractivity contribution in [3.63, 3.8) is 0 Å². The van der Waals surface area contributed by atoms with Gasteiger partial charge in [-0.25, -0.2) is 0 Å². The zero-order chi connectivity index (χ0) is 10.6. The van der Waals surface area contributed by atoms with E-state index in [0.717, 1.165) is 22.2 Å². The lowest BCUT2D eigenvalue weighted by molar-refractivity contribution is 0.109. The Balaban J connectivity index is 2.72. The molecule has 0 amide bonds. The van der Waals surface area contributed by atoms with Crippen LogP contribution in [0.25, 0.3) is 0 Å². The largest absolute Gasteiger partial charge is 0.387 e. The van der Waals surface area contributed by atoms with Crippen LogP contribution in [0.4, 0.5) is 0 Å². The molecule has 0 aliphatic heterocycles. The summed E-state index contributed by atoms with van der Waals surface area (Å²) >= 11 is 5.00. The predicted octanol–water partition coefficient (Wildman–Crippen LogP) is 2.92. The molecule has 1 aromatic heterocycles. The monoisotopic (exact) mass is 277 g/mol. The fourth-order valence-electron chi connectivity index (χ4n) is 1.51. The summed E-state index contributed by atoms with van der Waals surface area (Å²) in [6.45, 7) is 2.65. The first kappa shape index (κ1) is 12.2. The number of nitrogens with two attached hydrogens (primary N) is 1. The van der Waals surface area contributed by atoms with Crippen LogP contribution >= 0.6 is 27.3 Å². The summed E-state index contributed by atoms with van der Waals surface area (Å²) < 4.78 is 0.990. The van der Waals surface area contributed by atoms with Gasteiger partial charge in [0.2, 0.25) is 0 Å². The summed E-state index contributed by atoms with van der Waals surface area (Å²) in [5.41, 5.74) is 5.65. The first-order valence-corrected chi connectivity index (χ1v) is 6.49. The van der Waals surface area contributed by atoms with E-state index >= 15 is 0 Å². The third kappa shape index (κ3) is 2.79. The molecular formula is C10H16BrNOS. The molecule has 0 radical (unpaired) electrons. The van der Waals surface area contributed by atoms with Crippen LogP contribution in [0.15, 0.2) is 15.9 Å². The van der Waals surface area contributed by atoms with Crippen LogP contribution in [0.3, 0.4) is 0 Å². The minimum absolute atomic E-state index is 0.176. The number of thiophene rings is 1. The molecule has 0 fully saturated rings. The van der Waals surface area contributed by atoms with E-state index in [0.29, 0.717) is 6.54 Å². The van der Waals surface area contributed by atoms with Crippen molar-refractivity contribution in [3.8, 4) is 0 Å². The molecule has 0 aromatic carbocycles. The smallest absolute Gasteiger partial charge is 0.0933 e. The van der Waals surface area contributed by atoms with Crippen LogP contribution in [0, 0.1) is 5.92 Å². The van der Waals surface area contributed by atoms with Gasteiger partial charge in [-0.15, -0.1) is 11.3 Å². The van der Waals surface area contributed by atoms with E-state index in [1.165, 1.54) is 0 Å². The fraction of sp³-hybridized carbons (Fsp3) is 0.600. The summed E-state index contributed by atoms with van der Waals surface area (Å²) in [7, 11) is 0. The Bertz CT molecular complexity index is 277. The lowest BCUT2D eigenvalue weighted by Crippen LogP contribution is -2.21. The van der Waals surface area contributed by atoms with Crippen LogP contribution in [-0.2, 0) is 0 Å². The molecular weight excluding hydrogens is 262 g/mol. The van der Waals surface area contributed by atoms with Gasteiger partial charge in [-0.2, -0.15) is 0 Å². The highest BCUT2D eigenvalue weighted by atomic mass is 79.9. The Morgan fingerprint density at radius 1 is 1.64 bits per heavy atom. The first-order chi connectivity index (χ1) is 6.70. The third-order valence-corrected chi connectivity index (χ3v) is 4.26. The maximum Gasteiger partial charge on any atom is 0.0933 e. The lowest BCUT2D eigenvalue weighted by atomic mass is 9.96. The van der Waals surface area contributed by atoms with Crippen LogP contribution in [-0.4, -0.2) is 11.7 Å². The van der Waals surface area contributed by atoms with E-state index in [4.69, 9.17) is 5.73 Å². The van der Waals surface area contributed by atoms with Gasteiger partial charge < -0.3 is 10.8 Å². The zero-order valence-corrected chi connectivity index (χ0v) is 10.6. The first-order valence-electron chi connectivity index (χ1n) is 4.81. The fourth-order valence-corrected chi connectivity index (χ4v) is 3.19. The van der Waals surface area contributed by atoms with E-state index in [1.54, 1.807) is 11.3 Å². The van der Waals surface area contributed by atoms with Gasteiger partial charge in [0.15, 0.2) is 0 Å². The summed E-state index contributed by atoms with van der Waals surface area (Å²) in [6, 6.07) is 1.96. The Labute approximate surface area is 97.3 Å². The van der Waals surface area contributed by atoms with Crippen LogP contribution in [0.5, 0.6) is 0 Å². The number of aliphatic hydroxyl groups excluding tert-OH is 1. The molecule has 0 saturated heterocycles. The van der Waals surface area contributed by atoms with Gasteiger partial charge in [-0.3, -0.25) is 0 Å². The lowest BCUT2D eigenvalue weighted by Gasteiger charge is -2.20. The van der Waals surface area contributed by atoms with Crippen LogP contribution in [0.2, 0.25) is 0 Å². The Morgan fingerprint density at radius 3 is 2.79 bits per heavy atom. The quantitative estimate of drug-likeness (QED) is 0.870. The average Bonchev–Trinajstić information content (AvgIpc) is 2.59. The number of hydrogen-bond acceptors (Lipinski definition) is 3. The maximum absolute atomic E-state index is 10.1. The molecule has 0 spiro atoms. The van der Waals surface area contributed by atoms with Gasteiger partial charge in [0.25, 0.3) is 0 Å². The highest BCUT2D eigenvalue weighted by molar-refractivity contribution is 9.10. The molecule has 0 aliphatic carbocycles. The molecule has 0 aliphatic rings. The van der Waals surface area contributed by atoms with Gasteiger partial charge in [0.05, 0.1) is 6.10 Å². The topological polar surface area (TPSA) is 46.2 Å². The zero-order valence-electron chi connectivity index (χ0n) is 8.24. The minimum atomic E-state index is -0.422. The van der Waals surface area contributed by atoms with Crippen molar-refractivity contribution in [1.29, 1.82) is 0 Å². The van der Waals surface area contributed by atoms with E-state index in [2.05, 4.69) is 22.9 Å². The molecule has 1 rings (SSSR count). The Hall–Kier alpha value is 0.100. The second-order valence-corrected chi connectivity index (χ2v) is 5.16. The molecule has 1 heterocycles. The molecule has 1 aromatic rings. The van der Waals surface area contributed by atoms with Crippen molar-refractivity contribution in [3.05, 3.63) is 20.8 Å². The van der Waals surface area contributed by atoms with Gasteiger partial charge in [0.1, 0.15) is 0 Å². The molecule has 14 heavy (non-hydrogen) atoms. The van der Waals surface area contributed by atoms with Gasteiger partial charge in [0, 0.05) is 15.3 Å².